The molecule has 3 rings (SSSR count). The maximum atomic E-state index is 12.4. The van der Waals surface area contributed by atoms with Gasteiger partial charge < -0.3 is 15.0 Å². The van der Waals surface area contributed by atoms with E-state index in [4.69, 9.17) is 16.3 Å². The van der Waals surface area contributed by atoms with Crippen LogP contribution < -0.4 is 15.0 Å². The summed E-state index contributed by atoms with van der Waals surface area (Å²) < 4.78 is 5.14. The van der Waals surface area contributed by atoms with Crippen LogP contribution >= 0.6 is 11.6 Å². The van der Waals surface area contributed by atoms with E-state index in [9.17, 15) is 9.59 Å². The Morgan fingerprint density at radius 2 is 2.00 bits per heavy atom. The zero-order chi connectivity index (χ0) is 17.1. The van der Waals surface area contributed by atoms with Crippen LogP contribution in [0.2, 0.25) is 5.02 Å². The van der Waals surface area contributed by atoms with E-state index in [1.54, 1.807) is 60.5 Å². The topological polar surface area (TPSA) is 58.6 Å². The van der Waals surface area contributed by atoms with Gasteiger partial charge in [0.25, 0.3) is 0 Å². The lowest BCUT2D eigenvalue weighted by Gasteiger charge is -2.17. The summed E-state index contributed by atoms with van der Waals surface area (Å²) in [6.07, 6.45) is 0.193. The van der Waals surface area contributed by atoms with Crippen molar-refractivity contribution in [1.29, 1.82) is 0 Å². The molecule has 2 amide bonds. The molecule has 124 valence electrons. The summed E-state index contributed by atoms with van der Waals surface area (Å²) in [5.74, 6) is 0.0358. The molecule has 2 aromatic carbocycles. The molecular formula is C18H17ClN2O3. The Kier molecular flexibility index (Phi) is 4.71. The van der Waals surface area contributed by atoms with Gasteiger partial charge in [-0.15, -0.1) is 0 Å². The Balaban J connectivity index is 1.68. The van der Waals surface area contributed by atoms with Gasteiger partial charge in [-0.3, -0.25) is 9.59 Å². The highest BCUT2D eigenvalue weighted by Gasteiger charge is 2.35. The van der Waals surface area contributed by atoms with E-state index in [1.165, 1.54) is 0 Å². The second-order valence-corrected chi connectivity index (χ2v) is 6.04. The van der Waals surface area contributed by atoms with Crippen LogP contribution in [0.15, 0.2) is 48.5 Å². The summed E-state index contributed by atoms with van der Waals surface area (Å²) in [5, 5.41) is 3.45. The molecule has 1 saturated heterocycles. The number of amides is 2. The molecule has 0 spiro atoms. The standard InChI is InChI=1S/C18H17ClN2O3/c1-24-16-4-2-3-14(10-16)20-18(23)12-9-17(22)21(11-12)15-7-5-13(19)6-8-15/h2-8,10,12H,9,11H2,1H3,(H,20,23). The molecule has 5 nitrogen and oxygen atoms in total. The molecule has 1 atom stereocenters. The summed E-state index contributed by atoms with van der Waals surface area (Å²) in [7, 11) is 1.57. The van der Waals surface area contributed by atoms with Crippen molar-refractivity contribution in [3.63, 3.8) is 0 Å². The Hall–Kier alpha value is -2.53. The van der Waals surface area contributed by atoms with Crippen LogP contribution in [0.3, 0.4) is 0 Å². The summed E-state index contributed by atoms with van der Waals surface area (Å²) in [6, 6.07) is 14.2. The third kappa shape index (κ3) is 3.51. The quantitative estimate of drug-likeness (QED) is 0.925. The zero-order valence-corrected chi connectivity index (χ0v) is 13.9. The van der Waals surface area contributed by atoms with Crippen molar-refractivity contribution in [3.05, 3.63) is 53.6 Å². The molecule has 1 heterocycles. The summed E-state index contributed by atoms with van der Waals surface area (Å²) in [6.45, 7) is 0.357. The number of benzene rings is 2. The van der Waals surface area contributed by atoms with Gasteiger partial charge in [0.1, 0.15) is 5.75 Å². The predicted molar refractivity (Wildman–Crippen MR) is 93.5 cm³/mol. The highest BCUT2D eigenvalue weighted by atomic mass is 35.5. The van der Waals surface area contributed by atoms with E-state index >= 15 is 0 Å². The number of nitrogens with zero attached hydrogens (tertiary/aromatic N) is 1. The number of hydrogen-bond donors (Lipinski definition) is 1. The van der Waals surface area contributed by atoms with Gasteiger partial charge in [-0.25, -0.2) is 0 Å². The minimum Gasteiger partial charge on any atom is -0.497 e. The molecule has 0 saturated carbocycles. The molecule has 6 heteroatoms. The van der Waals surface area contributed by atoms with Crippen LogP contribution in [0.25, 0.3) is 0 Å². The number of anilines is 2. The van der Waals surface area contributed by atoms with E-state index in [2.05, 4.69) is 5.32 Å². The van der Waals surface area contributed by atoms with Crippen LogP contribution in [-0.2, 0) is 9.59 Å². The molecule has 0 radical (unpaired) electrons. The van der Waals surface area contributed by atoms with Crippen LogP contribution in [0, 0.1) is 5.92 Å². The maximum Gasteiger partial charge on any atom is 0.229 e. The van der Waals surface area contributed by atoms with Gasteiger partial charge in [-0.05, 0) is 36.4 Å². The van der Waals surface area contributed by atoms with E-state index in [0.29, 0.717) is 23.0 Å². The molecule has 0 bridgehead atoms. The van der Waals surface area contributed by atoms with Crippen LogP contribution in [0.5, 0.6) is 5.75 Å². The maximum absolute atomic E-state index is 12.4. The highest BCUT2D eigenvalue weighted by molar-refractivity contribution is 6.30. The Morgan fingerprint density at radius 3 is 2.71 bits per heavy atom. The average molecular weight is 345 g/mol. The first-order valence-electron chi connectivity index (χ1n) is 7.57. The predicted octanol–water partition coefficient (Wildman–Crippen LogP) is 3.34. The van der Waals surface area contributed by atoms with Crippen LogP contribution in [-0.4, -0.2) is 25.5 Å². The summed E-state index contributed by atoms with van der Waals surface area (Å²) in [5.41, 5.74) is 1.40. The van der Waals surface area contributed by atoms with Crippen molar-refractivity contribution < 1.29 is 14.3 Å². The lowest BCUT2D eigenvalue weighted by Crippen LogP contribution is -2.28. The van der Waals surface area contributed by atoms with Gasteiger partial charge in [0.15, 0.2) is 0 Å². The minimum atomic E-state index is -0.389. The second-order valence-electron chi connectivity index (χ2n) is 5.60. The minimum absolute atomic E-state index is 0.0666. The van der Waals surface area contributed by atoms with Crippen molar-refractivity contribution in [2.24, 2.45) is 5.92 Å². The lowest BCUT2D eigenvalue weighted by molar-refractivity contribution is -0.122. The van der Waals surface area contributed by atoms with Crippen molar-refractivity contribution >= 4 is 34.8 Å². The van der Waals surface area contributed by atoms with Crippen molar-refractivity contribution in [2.45, 2.75) is 6.42 Å². The normalized spacial score (nSPS) is 17.0. The van der Waals surface area contributed by atoms with Gasteiger partial charge in [0.2, 0.25) is 11.8 Å². The monoisotopic (exact) mass is 344 g/mol. The van der Waals surface area contributed by atoms with Crippen LogP contribution in [0.1, 0.15) is 6.42 Å². The molecule has 1 aliphatic heterocycles. The third-order valence-electron chi connectivity index (χ3n) is 3.97. The number of ether oxygens (including phenoxy) is 1. The number of rotatable bonds is 4. The van der Waals surface area contributed by atoms with Crippen molar-refractivity contribution in [3.8, 4) is 5.75 Å². The van der Waals surface area contributed by atoms with Gasteiger partial charge in [-0.2, -0.15) is 0 Å². The first-order valence-corrected chi connectivity index (χ1v) is 7.95. The molecule has 1 unspecified atom stereocenters. The number of hydrogen-bond acceptors (Lipinski definition) is 3. The van der Waals surface area contributed by atoms with Crippen LogP contribution in [0.4, 0.5) is 11.4 Å². The fourth-order valence-electron chi connectivity index (χ4n) is 2.70. The average Bonchev–Trinajstić information content (AvgIpc) is 2.98. The van der Waals surface area contributed by atoms with E-state index in [0.717, 1.165) is 5.69 Å². The number of carbonyl (C=O) groups is 2. The summed E-state index contributed by atoms with van der Waals surface area (Å²) in [4.78, 5) is 26.3. The Bertz CT molecular complexity index is 761. The third-order valence-corrected chi connectivity index (χ3v) is 4.22. The molecule has 2 aromatic rings. The van der Waals surface area contributed by atoms with E-state index in [-0.39, 0.29) is 24.2 Å². The SMILES string of the molecule is COc1cccc(NC(=O)C2CC(=O)N(c3ccc(Cl)cc3)C2)c1. The first kappa shape index (κ1) is 16.3. The summed E-state index contributed by atoms with van der Waals surface area (Å²) >= 11 is 5.87. The van der Waals surface area contributed by atoms with Gasteiger partial charge in [0, 0.05) is 35.4 Å². The molecule has 1 fully saturated rings. The molecule has 0 aromatic heterocycles. The molecule has 1 aliphatic rings. The highest BCUT2D eigenvalue weighted by Crippen LogP contribution is 2.27. The Morgan fingerprint density at radius 1 is 1.25 bits per heavy atom. The number of nitrogens with one attached hydrogen (secondary N) is 1. The number of carbonyl (C=O) groups excluding carboxylic acids is 2. The molecular weight excluding hydrogens is 328 g/mol. The van der Waals surface area contributed by atoms with Crippen molar-refractivity contribution in [2.75, 3.05) is 23.9 Å². The lowest BCUT2D eigenvalue weighted by atomic mass is 10.1. The molecule has 0 aliphatic carbocycles. The van der Waals surface area contributed by atoms with Gasteiger partial charge in [-0.1, -0.05) is 17.7 Å². The van der Waals surface area contributed by atoms with E-state index in [1.807, 2.05) is 0 Å². The number of halogens is 1. The van der Waals surface area contributed by atoms with Crippen molar-refractivity contribution in [1.82, 2.24) is 0 Å². The van der Waals surface area contributed by atoms with E-state index < -0.39 is 0 Å². The zero-order valence-electron chi connectivity index (χ0n) is 13.2. The smallest absolute Gasteiger partial charge is 0.229 e. The van der Waals surface area contributed by atoms with Gasteiger partial charge >= 0.3 is 0 Å². The number of methoxy groups -OCH3 is 1. The fraction of sp³-hybridized carbons (Fsp3) is 0.222. The fourth-order valence-corrected chi connectivity index (χ4v) is 2.82. The van der Waals surface area contributed by atoms with Gasteiger partial charge in [0.05, 0.1) is 13.0 Å². The first-order chi connectivity index (χ1) is 11.6. The molecule has 24 heavy (non-hydrogen) atoms. The molecule has 1 N–H and O–H groups in total. The Labute approximate surface area is 145 Å². The second kappa shape index (κ2) is 6.93. The largest absolute Gasteiger partial charge is 0.497 e.